The van der Waals surface area contributed by atoms with Crippen LogP contribution in [0.2, 0.25) is 0 Å². The van der Waals surface area contributed by atoms with Gasteiger partial charge in [0, 0.05) is 30.8 Å². The highest BCUT2D eigenvalue weighted by molar-refractivity contribution is 5.44. The second-order valence-electron chi connectivity index (χ2n) is 6.27. The van der Waals surface area contributed by atoms with Gasteiger partial charge in [0.05, 0.1) is 6.54 Å². The van der Waals surface area contributed by atoms with Gasteiger partial charge >= 0.3 is 0 Å². The summed E-state index contributed by atoms with van der Waals surface area (Å²) < 4.78 is 5.28. The number of aryl methyl sites for hydroxylation is 1. The Morgan fingerprint density at radius 1 is 1.22 bits per heavy atom. The predicted molar refractivity (Wildman–Crippen MR) is 86.5 cm³/mol. The van der Waals surface area contributed by atoms with Gasteiger partial charge in [-0.1, -0.05) is 12.1 Å². The molecule has 0 radical (unpaired) electrons. The summed E-state index contributed by atoms with van der Waals surface area (Å²) >= 11 is 0. The minimum atomic E-state index is 0.490. The third kappa shape index (κ3) is 3.28. The Morgan fingerprint density at radius 3 is 2.78 bits per heavy atom. The van der Waals surface area contributed by atoms with Gasteiger partial charge in [-0.25, -0.2) is 4.98 Å². The van der Waals surface area contributed by atoms with Crippen LogP contribution in [-0.2, 0) is 13.0 Å². The fourth-order valence-electron chi connectivity index (χ4n) is 2.82. The molecule has 1 N–H and O–H groups in total. The molecule has 2 aromatic heterocycles. The number of nitrogens with zero attached hydrogens (tertiary/aromatic N) is 5. The summed E-state index contributed by atoms with van der Waals surface area (Å²) in [7, 11) is 0. The maximum Gasteiger partial charge on any atom is 0.229 e. The van der Waals surface area contributed by atoms with Crippen molar-refractivity contribution in [2.75, 3.05) is 23.3 Å². The van der Waals surface area contributed by atoms with Gasteiger partial charge < -0.3 is 14.7 Å². The predicted octanol–water partition coefficient (Wildman–Crippen LogP) is 2.51. The van der Waals surface area contributed by atoms with E-state index in [9.17, 15) is 0 Å². The van der Waals surface area contributed by atoms with E-state index in [0.29, 0.717) is 18.3 Å². The average Bonchev–Trinajstić information content (AvgIpc) is 3.10. The van der Waals surface area contributed by atoms with Crippen LogP contribution in [0, 0.1) is 0 Å². The van der Waals surface area contributed by atoms with Gasteiger partial charge in [0.2, 0.25) is 11.8 Å². The van der Waals surface area contributed by atoms with E-state index in [1.807, 2.05) is 6.07 Å². The molecule has 2 aromatic rings. The fraction of sp³-hybridized carbons (Fsp3) is 0.625. The molecule has 1 saturated heterocycles. The largest absolute Gasteiger partial charge is 0.362 e. The summed E-state index contributed by atoms with van der Waals surface area (Å²) in [6, 6.07) is 2.00. The van der Waals surface area contributed by atoms with Gasteiger partial charge in [-0.15, -0.1) is 0 Å². The maximum atomic E-state index is 5.28. The minimum absolute atomic E-state index is 0.490. The van der Waals surface area contributed by atoms with E-state index in [4.69, 9.17) is 4.52 Å². The number of hydrogen-bond donors (Lipinski definition) is 1. The lowest BCUT2D eigenvalue weighted by atomic mass is 10.3. The van der Waals surface area contributed by atoms with E-state index >= 15 is 0 Å². The Balaban J connectivity index is 1.46. The van der Waals surface area contributed by atoms with Crippen molar-refractivity contribution in [3.05, 3.63) is 23.5 Å². The summed E-state index contributed by atoms with van der Waals surface area (Å²) in [6.07, 6.45) is 5.66. The smallest absolute Gasteiger partial charge is 0.229 e. The number of nitrogens with one attached hydrogen (secondary N) is 1. The molecule has 7 nitrogen and oxygen atoms in total. The van der Waals surface area contributed by atoms with Crippen LogP contribution in [0.5, 0.6) is 0 Å². The average molecular weight is 314 g/mol. The van der Waals surface area contributed by atoms with Gasteiger partial charge in [0.1, 0.15) is 5.82 Å². The van der Waals surface area contributed by atoms with Crippen molar-refractivity contribution < 1.29 is 4.52 Å². The van der Waals surface area contributed by atoms with Crippen LogP contribution in [0.4, 0.5) is 11.8 Å². The molecule has 1 aliphatic carbocycles. The van der Waals surface area contributed by atoms with Gasteiger partial charge in [0.25, 0.3) is 0 Å². The quantitative estimate of drug-likeness (QED) is 0.877. The highest BCUT2D eigenvalue weighted by Gasteiger charge is 2.29. The van der Waals surface area contributed by atoms with E-state index < -0.39 is 0 Å². The molecule has 0 aromatic carbocycles. The van der Waals surface area contributed by atoms with Gasteiger partial charge in [-0.2, -0.15) is 9.97 Å². The Kier molecular flexibility index (Phi) is 3.85. The third-order valence-corrected chi connectivity index (χ3v) is 4.36. The Morgan fingerprint density at radius 2 is 2.04 bits per heavy atom. The van der Waals surface area contributed by atoms with Gasteiger partial charge in [-0.3, -0.25) is 0 Å². The zero-order chi connectivity index (χ0) is 15.6. The normalized spacial score (nSPS) is 17.7. The zero-order valence-corrected chi connectivity index (χ0v) is 13.5. The van der Waals surface area contributed by atoms with E-state index in [2.05, 4.69) is 37.2 Å². The van der Waals surface area contributed by atoms with Crippen LogP contribution in [-0.4, -0.2) is 33.2 Å². The van der Waals surface area contributed by atoms with E-state index in [0.717, 1.165) is 42.9 Å². The Hall–Kier alpha value is -2.18. The Labute approximate surface area is 135 Å². The second-order valence-corrected chi connectivity index (χ2v) is 6.27. The summed E-state index contributed by atoms with van der Waals surface area (Å²) in [5.41, 5.74) is 1.05. The van der Waals surface area contributed by atoms with Crippen molar-refractivity contribution in [2.24, 2.45) is 0 Å². The monoisotopic (exact) mass is 314 g/mol. The molecule has 2 fully saturated rings. The first-order valence-electron chi connectivity index (χ1n) is 8.51. The molecule has 0 unspecified atom stereocenters. The SMILES string of the molecule is CCc1cc(NCc2noc(C3CC3)n2)nc(N2CCCC2)n1. The first kappa shape index (κ1) is 14.4. The van der Waals surface area contributed by atoms with Crippen LogP contribution in [0.3, 0.4) is 0 Å². The number of rotatable bonds is 6. The van der Waals surface area contributed by atoms with Crippen LogP contribution >= 0.6 is 0 Å². The van der Waals surface area contributed by atoms with E-state index in [-0.39, 0.29) is 0 Å². The first-order chi connectivity index (χ1) is 11.3. The summed E-state index contributed by atoms with van der Waals surface area (Å²) in [4.78, 5) is 16.0. The number of aromatic nitrogens is 4. The van der Waals surface area contributed by atoms with Gasteiger partial charge in [0.15, 0.2) is 5.82 Å². The molecule has 0 bridgehead atoms. The van der Waals surface area contributed by atoms with Crippen LogP contribution < -0.4 is 10.2 Å². The maximum absolute atomic E-state index is 5.28. The third-order valence-electron chi connectivity index (χ3n) is 4.36. The van der Waals surface area contributed by atoms with Crippen molar-refractivity contribution in [1.82, 2.24) is 20.1 Å². The molecular formula is C16H22N6O. The molecule has 1 aliphatic heterocycles. The molecule has 0 spiro atoms. The van der Waals surface area contributed by atoms with E-state index in [1.165, 1.54) is 25.7 Å². The standard InChI is InChI=1S/C16H22N6O/c1-2-12-9-13(20-16(18-12)22-7-3-4-8-22)17-10-14-19-15(23-21-14)11-5-6-11/h9,11H,2-8,10H2,1H3,(H,17,18,20). The Bertz CT molecular complexity index is 675. The summed E-state index contributed by atoms with van der Waals surface area (Å²) in [6.45, 7) is 4.72. The molecule has 3 heterocycles. The zero-order valence-electron chi connectivity index (χ0n) is 13.5. The highest BCUT2D eigenvalue weighted by atomic mass is 16.5. The summed E-state index contributed by atoms with van der Waals surface area (Å²) in [5, 5.41) is 7.34. The van der Waals surface area contributed by atoms with Crippen molar-refractivity contribution in [3.8, 4) is 0 Å². The first-order valence-corrected chi connectivity index (χ1v) is 8.51. The van der Waals surface area contributed by atoms with Gasteiger partial charge in [-0.05, 0) is 32.1 Å². The molecule has 1 saturated carbocycles. The lowest BCUT2D eigenvalue weighted by molar-refractivity contribution is 0.374. The number of anilines is 2. The van der Waals surface area contributed by atoms with Crippen LogP contribution in [0.1, 0.15) is 55.9 Å². The lowest BCUT2D eigenvalue weighted by Gasteiger charge is -2.17. The molecule has 122 valence electrons. The topological polar surface area (TPSA) is 80.0 Å². The molecule has 2 aliphatic rings. The second kappa shape index (κ2) is 6.14. The summed E-state index contributed by atoms with van der Waals surface area (Å²) in [5.74, 6) is 3.61. The molecular weight excluding hydrogens is 292 g/mol. The fourth-order valence-corrected chi connectivity index (χ4v) is 2.82. The molecule has 4 rings (SSSR count). The molecule has 0 amide bonds. The van der Waals surface area contributed by atoms with Crippen LogP contribution in [0.15, 0.2) is 10.6 Å². The highest BCUT2D eigenvalue weighted by Crippen LogP contribution is 2.38. The van der Waals surface area contributed by atoms with Crippen molar-refractivity contribution in [2.45, 2.75) is 51.5 Å². The molecule has 7 heteroatoms. The van der Waals surface area contributed by atoms with E-state index in [1.54, 1.807) is 0 Å². The minimum Gasteiger partial charge on any atom is -0.362 e. The lowest BCUT2D eigenvalue weighted by Crippen LogP contribution is -2.21. The van der Waals surface area contributed by atoms with Crippen molar-refractivity contribution in [3.63, 3.8) is 0 Å². The molecule has 23 heavy (non-hydrogen) atoms. The number of hydrogen-bond acceptors (Lipinski definition) is 7. The van der Waals surface area contributed by atoms with Crippen LogP contribution in [0.25, 0.3) is 0 Å². The van der Waals surface area contributed by atoms with Crippen molar-refractivity contribution >= 4 is 11.8 Å². The molecule has 0 atom stereocenters. The van der Waals surface area contributed by atoms with Crippen molar-refractivity contribution in [1.29, 1.82) is 0 Å².